The Morgan fingerprint density at radius 2 is 1.64 bits per heavy atom. The van der Waals surface area contributed by atoms with Gasteiger partial charge in [-0.15, -0.1) is 0 Å². The van der Waals surface area contributed by atoms with Gasteiger partial charge in [0.25, 0.3) is 0 Å². The zero-order valence-corrected chi connectivity index (χ0v) is 11.5. The van der Waals surface area contributed by atoms with Gasteiger partial charge in [0.1, 0.15) is 0 Å². The number of imidazole rings is 1. The summed E-state index contributed by atoms with van der Waals surface area (Å²) in [7, 11) is 0. The fraction of sp³-hybridized carbons (Fsp3) is 0. The van der Waals surface area contributed by atoms with E-state index >= 15 is 0 Å². The highest BCUT2D eigenvalue weighted by Crippen LogP contribution is 2.28. The second-order valence-electron chi connectivity index (χ2n) is 4.96. The highest BCUT2D eigenvalue weighted by molar-refractivity contribution is 6.02. The van der Waals surface area contributed by atoms with E-state index < -0.39 is 5.97 Å². The van der Waals surface area contributed by atoms with Crippen LogP contribution in [0.3, 0.4) is 0 Å². The molecule has 0 saturated heterocycles. The molecule has 0 bridgehead atoms. The molecule has 2 heterocycles. The maximum Gasteiger partial charge on any atom is 0.356 e. The van der Waals surface area contributed by atoms with Crippen molar-refractivity contribution < 1.29 is 9.90 Å². The Morgan fingerprint density at radius 1 is 0.955 bits per heavy atom. The van der Waals surface area contributed by atoms with Crippen LogP contribution in [0.2, 0.25) is 0 Å². The summed E-state index contributed by atoms with van der Waals surface area (Å²) < 4.78 is 1.54. The van der Waals surface area contributed by atoms with Gasteiger partial charge in [-0.2, -0.15) is 5.10 Å². The summed E-state index contributed by atoms with van der Waals surface area (Å²) in [5.41, 5.74) is 2.32. The van der Waals surface area contributed by atoms with E-state index in [0.717, 1.165) is 22.0 Å². The zero-order valence-electron chi connectivity index (χ0n) is 11.5. The first-order valence-corrected chi connectivity index (χ1v) is 6.81. The van der Waals surface area contributed by atoms with Crippen molar-refractivity contribution in [2.75, 3.05) is 0 Å². The molecular weight excluding hydrogens is 278 g/mol. The number of carbonyl (C=O) groups is 1. The third kappa shape index (κ3) is 1.83. The molecule has 2 aromatic carbocycles. The van der Waals surface area contributed by atoms with E-state index in [2.05, 4.69) is 10.1 Å². The minimum absolute atomic E-state index is 0.0112. The molecule has 106 valence electrons. The van der Waals surface area contributed by atoms with Crippen molar-refractivity contribution in [3.05, 3.63) is 66.5 Å². The number of aromatic carboxylic acids is 1. The predicted molar refractivity (Wildman–Crippen MR) is 82.9 cm³/mol. The summed E-state index contributed by atoms with van der Waals surface area (Å²) in [6.07, 6.45) is 1.44. The van der Waals surface area contributed by atoms with Crippen molar-refractivity contribution in [3.8, 4) is 11.3 Å². The van der Waals surface area contributed by atoms with Crippen LogP contribution < -0.4 is 0 Å². The lowest BCUT2D eigenvalue weighted by Crippen LogP contribution is -1.96. The van der Waals surface area contributed by atoms with E-state index in [4.69, 9.17) is 5.11 Å². The quantitative estimate of drug-likeness (QED) is 0.615. The fourth-order valence-electron chi connectivity index (χ4n) is 2.59. The molecule has 4 aromatic rings. The number of nitrogens with zero attached hydrogens (tertiary/aromatic N) is 3. The van der Waals surface area contributed by atoms with E-state index in [1.54, 1.807) is 0 Å². The van der Waals surface area contributed by atoms with Crippen LogP contribution in [0.5, 0.6) is 0 Å². The summed E-state index contributed by atoms with van der Waals surface area (Å²) >= 11 is 0. The Hall–Kier alpha value is -3.21. The standard InChI is InChI=1S/C17H11N3O2/c21-17(22)14-10-20-16(18-14)13-9-5-4-8-12(13)15(19-20)11-6-2-1-3-7-11/h1-10H,(H,21,22). The van der Waals surface area contributed by atoms with Gasteiger partial charge < -0.3 is 5.11 Å². The lowest BCUT2D eigenvalue weighted by atomic mass is 10.1. The maximum absolute atomic E-state index is 11.2. The van der Waals surface area contributed by atoms with E-state index in [1.807, 2.05) is 54.6 Å². The number of carboxylic acid groups (broad SMARTS) is 1. The lowest BCUT2D eigenvalue weighted by Gasteiger charge is -2.07. The van der Waals surface area contributed by atoms with E-state index in [0.29, 0.717) is 5.65 Å². The van der Waals surface area contributed by atoms with Gasteiger partial charge in [-0.05, 0) is 0 Å². The molecule has 0 aliphatic heterocycles. The zero-order chi connectivity index (χ0) is 15.1. The number of aromatic nitrogens is 3. The third-order valence-electron chi connectivity index (χ3n) is 3.59. The van der Waals surface area contributed by atoms with Crippen LogP contribution in [0.25, 0.3) is 27.7 Å². The molecule has 5 nitrogen and oxygen atoms in total. The van der Waals surface area contributed by atoms with Crippen LogP contribution in [-0.2, 0) is 0 Å². The molecule has 5 heteroatoms. The molecule has 0 spiro atoms. The van der Waals surface area contributed by atoms with Crippen molar-refractivity contribution in [2.24, 2.45) is 0 Å². The molecular formula is C17H11N3O2. The molecule has 0 saturated carbocycles. The molecule has 0 unspecified atom stereocenters. The first-order chi connectivity index (χ1) is 10.7. The summed E-state index contributed by atoms with van der Waals surface area (Å²) in [5, 5.41) is 15.5. The van der Waals surface area contributed by atoms with E-state index in [-0.39, 0.29) is 5.69 Å². The molecule has 4 rings (SSSR count). The Labute approximate surface area is 125 Å². The third-order valence-corrected chi connectivity index (χ3v) is 3.59. The lowest BCUT2D eigenvalue weighted by molar-refractivity contribution is 0.0691. The Balaban J connectivity index is 2.13. The fourth-order valence-corrected chi connectivity index (χ4v) is 2.59. The number of rotatable bonds is 2. The largest absolute Gasteiger partial charge is 0.476 e. The van der Waals surface area contributed by atoms with Gasteiger partial charge in [0.2, 0.25) is 0 Å². The molecule has 0 radical (unpaired) electrons. The van der Waals surface area contributed by atoms with Crippen LogP contribution in [-0.4, -0.2) is 25.7 Å². The van der Waals surface area contributed by atoms with E-state index in [9.17, 15) is 4.79 Å². The second kappa shape index (κ2) is 4.66. The maximum atomic E-state index is 11.2. The van der Waals surface area contributed by atoms with Crippen molar-refractivity contribution in [3.63, 3.8) is 0 Å². The normalized spacial score (nSPS) is 11.1. The van der Waals surface area contributed by atoms with Gasteiger partial charge in [-0.25, -0.2) is 14.3 Å². The van der Waals surface area contributed by atoms with E-state index in [1.165, 1.54) is 10.7 Å². The smallest absolute Gasteiger partial charge is 0.356 e. The molecule has 0 aliphatic rings. The van der Waals surface area contributed by atoms with Crippen LogP contribution in [0.4, 0.5) is 0 Å². The summed E-state index contributed by atoms with van der Waals surface area (Å²) in [5.74, 6) is -1.06. The Kier molecular flexibility index (Phi) is 2.66. The van der Waals surface area contributed by atoms with Crippen LogP contribution in [0, 0.1) is 0 Å². The number of hydrogen-bond acceptors (Lipinski definition) is 3. The van der Waals surface area contributed by atoms with Crippen molar-refractivity contribution in [1.82, 2.24) is 14.6 Å². The predicted octanol–water partition coefficient (Wildman–Crippen LogP) is 3.25. The minimum Gasteiger partial charge on any atom is -0.476 e. The average molecular weight is 289 g/mol. The van der Waals surface area contributed by atoms with Crippen molar-refractivity contribution in [2.45, 2.75) is 0 Å². The second-order valence-corrected chi connectivity index (χ2v) is 4.96. The van der Waals surface area contributed by atoms with Crippen LogP contribution >= 0.6 is 0 Å². The first kappa shape index (κ1) is 12.5. The summed E-state index contributed by atoms with van der Waals surface area (Å²) in [6.45, 7) is 0. The number of carboxylic acids is 1. The SMILES string of the molecule is O=C(O)c1cn2nc(-c3ccccc3)c3ccccc3c2n1. The van der Waals surface area contributed by atoms with Crippen LogP contribution in [0.1, 0.15) is 10.5 Å². The monoisotopic (exact) mass is 289 g/mol. The molecule has 0 amide bonds. The molecule has 0 aliphatic carbocycles. The van der Waals surface area contributed by atoms with Gasteiger partial charge >= 0.3 is 5.97 Å². The summed E-state index contributed by atoms with van der Waals surface area (Å²) in [4.78, 5) is 15.3. The molecule has 0 fully saturated rings. The van der Waals surface area contributed by atoms with Gasteiger partial charge in [0, 0.05) is 16.3 Å². The molecule has 22 heavy (non-hydrogen) atoms. The molecule has 1 N–H and O–H groups in total. The number of fused-ring (bicyclic) bond motifs is 3. The molecule has 2 aromatic heterocycles. The number of benzene rings is 2. The topological polar surface area (TPSA) is 67.5 Å². The Bertz CT molecular complexity index is 1010. The van der Waals surface area contributed by atoms with Crippen LogP contribution in [0.15, 0.2) is 60.8 Å². The molecule has 0 atom stereocenters. The summed E-state index contributed by atoms with van der Waals surface area (Å²) in [6, 6.07) is 17.6. The van der Waals surface area contributed by atoms with Gasteiger partial charge in [-0.1, -0.05) is 54.6 Å². The first-order valence-electron chi connectivity index (χ1n) is 6.81. The minimum atomic E-state index is -1.06. The van der Waals surface area contributed by atoms with Crippen molar-refractivity contribution in [1.29, 1.82) is 0 Å². The average Bonchev–Trinajstić information content (AvgIpc) is 2.99. The highest BCUT2D eigenvalue weighted by atomic mass is 16.4. The Morgan fingerprint density at radius 3 is 2.36 bits per heavy atom. The number of hydrogen-bond donors (Lipinski definition) is 1. The van der Waals surface area contributed by atoms with Gasteiger partial charge in [0.15, 0.2) is 11.3 Å². The van der Waals surface area contributed by atoms with Crippen molar-refractivity contribution >= 4 is 22.4 Å². The van der Waals surface area contributed by atoms with Gasteiger partial charge in [0.05, 0.1) is 11.9 Å². The highest BCUT2D eigenvalue weighted by Gasteiger charge is 2.15. The van der Waals surface area contributed by atoms with Gasteiger partial charge in [-0.3, -0.25) is 0 Å².